The predicted molar refractivity (Wildman–Crippen MR) is 92.3 cm³/mol. The Morgan fingerprint density at radius 1 is 1.05 bits per heavy atom. The van der Waals surface area contributed by atoms with Crippen LogP contribution in [0.5, 0.6) is 0 Å². The second-order valence-electron chi connectivity index (χ2n) is 6.47. The van der Waals surface area contributed by atoms with Crippen molar-refractivity contribution in [3.05, 3.63) is 47.1 Å². The minimum Gasteiger partial charge on any atom is -0.295 e. The van der Waals surface area contributed by atoms with Gasteiger partial charge in [0.05, 0.1) is 0 Å². The molecule has 0 spiro atoms. The fraction of sp³-hybridized carbons (Fsp3) is 0.550. The van der Waals surface area contributed by atoms with E-state index < -0.39 is 0 Å². The maximum Gasteiger partial charge on any atom is 0.158 e. The van der Waals surface area contributed by atoms with Gasteiger partial charge in [-0.3, -0.25) is 4.79 Å². The third-order valence-electron chi connectivity index (χ3n) is 4.34. The maximum atomic E-state index is 12.3. The third-order valence-corrected chi connectivity index (χ3v) is 4.34. The molecule has 0 N–H and O–H groups in total. The van der Waals surface area contributed by atoms with Crippen molar-refractivity contribution in [3.63, 3.8) is 0 Å². The Morgan fingerprint density at radius 3 is 2.24 bits per heavy atom. The van der Waals surface area contributed by atoms with Crippen LogP contribution in [0.15, 0.2) is 47.1 Å². The molecule has 0 radical (unpaired) electrons. The third kappa shape index (κ3) is 6.75. The molecule has 0 saturated heterocycles. The molecule has 1 rings (SSSR count). The summed E-state index contributed by atoms with van der Waals surface area (Å²) in [5.74, 6) is 0.545. The maximum absolute atomic E-state index is 12.3. The molecule has 1 aliphatic rings. The summed E-state index contributed by atoms with van der Waals surface area (Å²) in [6.45, 7) is 12.4. The van der Waals surface area contributed by atoms with Gasteiger partial charge in [0.25, 0.3) is 0 Å². The highest BCUT2D eigenvalue weighted by Crippen LogP contribution is 2.23. The Labute approximate surface area is 130 Å². The Morgan fingerprint density at radius 2 is 1.62 bits per heavy atom. The van der Waals surface area contributed by atoms with Gasteiger partial charge in [0, 0.05) is 6.42 Å². The molecule has 1 nitrogen and oxygen atoms in total. The highest BCUT2D eigenvalue weighted by atomic mass is 16.1. The van der Waals surface area contributed by atoms with Gasteiger partial charge in [-0.25, -0.2) is 0 Å². The molecule has 1 aliphatic carbocycles. The van der Waals surface area contributed by atoms with Gasteiger partial charge in [0.2, 0.25) is 0 Å². The van der Waals surface area contributed by atoms with E-state index in [1.54, 1.807) is 0 Å². The quantitative estimate of drug-likeness (QED) is 0.545. The summed E-state index contributed by atoms with van der Waals surface area (Å²) in [6, 6.07) is 0. The van der Waals surface area contributed by atoms with E-state index in [9.17, 15) is 4.79 Å². The van der Waals surface area contributed by atoms with E-state index in [1.807, 2.05) is 13.8 Å². The van der Waals surface area contributed by atoms with E-state index in [1.165, 1.54) is 11.1 Å². The Hall–Kier alpha value is -1.37. The summed E-state index contributed by atoms with van der Waals surface area (Å²) in [6.07, 6.45) is 12.5. The summed E-state index contributed by atoms with van der Waals surface area (Å²) < 4.78 is 0. The van der Waals surface area contributed by atoms with E-state index in [2.05, 4.69) is 38.7 Å². The van der Waals surface area contributed by atoms with Crippen molar-refractivity contribution < 1.29 is 4.79 Å². The molecule has 0 aromatic carbocycles. The molecule has 0 unspecified atom stereocenters. The lowest BCUT2D eigenvalue weighted by Gasteiger charge is -2.15. The minimum atomic E-state index is 0.271. The molecule has 0 saturated carbocycles. The number of rotatable bonds is 1. The van der Waals surface area contributed by atoms with Crippen LogP contribution in [0.1, 0.15) is 66.2 Å². The lowest BCUT2D eigenvalue weighted by atomic mass is 9.89. The predicted octanol–water partition coefficient (Wildman–Crippen LogP) is 5.94. The monoisotopic (exact) mass is 286 g/mol. The SMILES string of the molecule is C=C(C)[C@H]1C/C=C(\C)CC/C=C(\C)CC/C=C(\C)C(=O)C1. The fourth-order valence-electron chi connectivity index (χ4n) is 2.57. The molecule has 0 aromatic rings. The van der Waals surface area contributed by atoms with Crippen LogP contribution < -0.4 is 0 Å². The van der Waals surface area contributed by atoms with Crippen molar-refractivity contribution in [2.75, 3.05) is 0 Å². The lowest BCUT2D eigenvalue weighted by Crippen LogP contribution is -2.10. The topological polar surface area (TPSA) is 17.1 Å². The first-order valence-electron chi connectivity index (χ1n) is 8.06. The first-order chi connectivity index (χ1) is 9.90. The summed E-state index contributed by atoms with van der Waals surface area (Å²) in [5.41, 5.74) is 4.87. The fourth-order valence-corrected chi connectivity index (χ4v) is 2.57. The Balaban J connectivity index is 2.92. The zero-order chi connectivity index (χ0) is 15.8. The zero-order valence-electron chi connectivity index (χ0n) is 14.2. The van der Waals surface area contributed by atoms with Crippen LogP contribution in [-0.2, 0) is 4.79 Å². The molecule has 0 bridgehead atoms. The summed E-state index contributed by atoms with van der Waals surface area (Å²) in [4.78, 5) is 12.3. The van der Waals surface area contributed by atoms with Gasteiger partial charge < -0.3 is 0 Å². The molecule has 1 atom stereocenters. The molecule has 0 aliphatic heterocycles. The van der Waals surface area contributed by atoms with Crippen molar-refractivity contribution in [2.45, 2.75) is 66.2 Å². The molecule has 0 aromatic heterocycles. The number of carbonyl (C=O) groups is 1. The van der Waals surface area contributed by atoms with Crippen LogP contribution in [-0.4, -0.2) is 5.78 Å². The first kappa shape index (κ1) is 17.7. The average Bonchev–Trinajstić information content (AvgIpc) is 2.41. The molecular weight excluding hydrogens is 256 g/mol. The summed E-state index contributed by atoms with van der Waals surface area (Å²) in [7, 11) is 0. The average molecular weight is 286 g/mol. The van der Waals surface area contributed by atoms with Gasteiger partial charge in [-0.15, -0.1) is 0 Å². The molecule has 0 amide bonds. The van der Waals surface area contributed by atoms with Crippen molar-refractivity contribution in [1.29, 1.82) is 0 Å². The largest absolute Gasteiger partial charge is 0.295 e. The standard InChI is InChI=1S/C20H30O/c1-15(2)19-13-12-17(4)9-6-8-16(3)10-7-11-18(5)20(21)14-19/h8,11-12,19H,1,6-7,9-10,13-14H2,2-5H3/b16-8+,17-12+,18-11+/t19-/m0/s1. The Kier molecular flexibility index (Phi) is 7.42. The van der Waals surface area contributed by atoms with Crippen molar-refractivity contribution in [2.24, 2.45) is 5.92 Å². The summed E-state index contributed by atoms with van der Waals surface area (Å²) >= 11 is 0. The normalized spacial score (nSPS) is 30.2. The number of Topliss-reactive ketones (excluding diaryl/α,β-unsaturated/α-hetero) is 1. The molecule has 1 heteroatoms. The van der Waals surface area contributed by atoms with Gasteiger partial charge in [0.1, 0.15) is 0 Å². The number of ketones is 1. The number of allylic oxidation sites excluding steroid dienone is 7. The first-order valence-corrected chi connectivity index (χ1v) is 8.06. The molecule has 0 heterocycles. The highest BCUT2D eigenvalue weighted by Gasteiger charge is 2.15. The highest BCUT2D eigenvalue weighted by molar-refractivity contribution is 5.95. The second-order valence-corrected chi connectivity index (χ2v) is 6.47. The van der Waals surface area contributed by atoms with Gasteiger partial charge >= 0.3 is 0 Å². The minimum absolute atomic E-state index is 0.271. The van der Waals surface area contributed by atoms with E-state index in [4.69, 9.17) is 0 Å². The number of carbonyl (C=O) groups excluding carboxylic acids is 1. The molecule has 0 fully saturated rings. The zero-order valence-corrected chi connectivity index (χ0v) is 14.2. The van der Waals surface area contributed by atoms with Crippen LogP contribution in [0, 0.1) is 5.92 Å². The van der Waals surface area contributed by atoms with Crippen molar-refractivity contribution >= 4 is 5.78 Å². The van der Waals surface area contributed by atoms with Gasteiger partial charge in [-0.05, 0) is 71.3 Å². The second kappa shape index (κ2) is 8.81. The number of hydrogen-bond donors (Lipinski definition) is 0. The van der Waals surface area contributed by atoms with Crippen molar-refractivity contribution in [1.82, 2.24) is 0 Å². The Bertz CT molecular complexity index is 474. The summed E-state index contributed by atoms with van der Waals surface area (Å²) in [5, 5.41) is 0. The van der Waals surface area contributed by atoms with Gasteiger partial charge in [-0.1, -0.05) is 41.5 Å². The van der Waals surface area contributed by atoms with Gasteiger partial charge in [-0.2, -0.15) is 0 Å². The molecule has 21 heavy (non-hydrogen) atoms. The van der Waals surface area contributed by atoms with E-state index in [0.717, 1.165) is 43.3 Å². The van der Waals surface area contributed by atoms with Crippen LogP contribution >= 0.6 is 0 Å². The molecule has 116 valence electrons. The van der Waals surface area contributed by atoms with Crippen LogP contribution in [0.4, 0.5) is 0 Å². The smallest absolute Gasteiger partial charge is 0.158 e. The van der Waals surface area contributed by atoms with Crippen LogP contribution in [0.25, 0.3) is 0 Å². The lowest BCUT2D eigenvalue weighted by molar-refractivity contribution is -0.116. The van der Waals surface area contributed by atoms with E-state index in [-0.39, 0.29) is 11.7 Å². The van der Waals surface area contributed by atoms with Crippen LogP contribution in [0.3, 0.4) is 0 Å². The van der Waals surface area contributed by atoms with E-state index in [0.29, 0.717) is 6.42 Å². The molecular formula is C20H30O. The van der Waals surface area contributed by atoms with Gasteiger partial charge in [0.15, 0.2) is 5.78 Å². The van der Waals surface area contributed by atoms with E-state index >= 15 is 0 Å². The van der Waals surface area contributed by atoms with Crippen LogP contribution in [0.2, 0.25) is 0 Å². The number of hydrogen-bond acceptors (Lipinski definition) is 1. The van der Waals surface area contributed by atoms with Crippen molar-refractivity contribution in [3.8, 4) is 0 Å².